The van der Waals surface area contributed by atoms with E-state index in [0.717, 1.165) is 0 Å². The van der Waals surface area contributed by atoms with Gasteiger partial charge < -0.3 is 9.47 Å². The van der Waals surface area contributed by atoms with Crippen LogP contribution in [0, 0.1) is 5.92 Å². The Balaban J connectivity index is 1.94. The smallest absolute Gasteiger partial charge is 0.344 e. The molecule has 4 nitrogen and oxygen atoms in total. The van der Waals surface area contributed by atoms with Gasteiger partial charge in [0.05, 0.1) is 5.56 Å². The van der Waals surface area contributed by atoms with Crippen molar-refractivity contribution >= 4 is 11.9 Å². The maximum absolute atomic E-state index is 13.9. The third-order valence-electron chi connectivity index (χ3n) is 3.46. The molecular formula is C14H15FO4. The lowest BCUT2D eigenvalue weighted by atomic mass is 9.91. The first-order chi connectivity index (χ1) is 8.93. The van der Waals surface area contributed by atoms with Crippen LogP contribution in [0.3, 0.4) is 0 Å². The van der Waals surface area contributed by atoms with E-state index in [1.165, 1.54) is 6.92 Å². The van der Waals surface area contributed by atoms with E-state index in [2.05, 4.69) is 0 Å². The Hall–Kier alpha value is -1.91. The Morgan fingerprint density at radius 3 is 2.58 bits per heavy atom. The Bertz CT molecular complexity index is 483. The Labute approximate surface area is 110 Å². The molecule has 19 heavy (non-hydrogen) atoms. The van der Waals surface area contributed by atoms with Gasteiger partial charge in [0.15, 0.2) is 0 Å². The highest BCUT2D eigenvalue weighted by Gasteiger charge is 2.53. The summed E-state index contributed by atoms with van der Waals surface area (Å²) in [6.45, 7) is 2.60. The highest BCUT2D eigenvalue weighted by molar-refractivity contribution is 5.89. The van der Waals surface area contributed by atoms with Crippen LogP contribution in [0.25, 0.3) is 0 Å². The van der Waals surface area contributed by atoms with Gasteiger partial charge in [0.2, 0.25) is 5.67 Å². The van der Waals surface area contributed by atoms with Crippen molar-refractivity contribution in [2.75, 3.05) is 6.61 Å². The van der Waals surface area contributed by atoms with E-state index in [4.69, 9.17) is 9.47 Å². The first-order valence-corrected chi connectivity index (χ1v) is 6.05. The molecule has 1 aromatic carbocycles. The lowest BCUT2D eigenvalue weighted by Crippen LogP contribution is -2.33. The average molecular weight is 266 g/mol. The average Bonchev–Trinajstić information content (AvgIpc) is 2.60. The van der Waals surface area contributed by atoms with Crippen molar-refractivity contribution in [3.8, 4) is 0 Å². The van der Waals surface area contributed by atoms with E-state index in [9.17, 15) is 14.0 Å². The summed E-state index contributed by atoms with van der Waals surface area (Å²) < 4.78 is 23.8. The SMILES string of the molecule is C[C@@H]1[C@@H](COC(=O)c2ccccc2)OC(=O)[C@]1(C)F. The number of carbonyl (C=O) groups excluding carboxylic acids is 2. The molecule has 1 fully saturated rings. The van der Waals surface area contributed by atoms with Gasteiger partial charge in [-0.3, -0.25) is 0 Å². The molecule has 1 aliphatic rings. The summed E-state index contributed by atoms with van der Waals surface area (Å²) in [6, 6.07) is 8.45. The van der Waals surface area contributed by atoms with Crippen molar-refractivity contribution in [3.63, 3.8) is 0 Å². The predicted molar refractivity (Wildman–Crippen MR) is 65.3 cm³/mol. The molecule has 0 bridgehead atoms. The second kappa shape index (κ2) is 4.99. The number of halogens is 1. The second-order valence-electron chi connectivity index (χ2n) is 4.77. The van der Waals surface area contributed by atoms with Crippen molar-refractivity contribution in [3.05, 3.63) is 35.9 Å². The number of carbonyl (C=O) groups is 2. The summed E-state index contributed by atoms with van der Waals surface area (Å²) in [5, 5.41) is 0. The van der Waals surface area contributed by atoms with Gasteiger partial charge in [-0.15, -0.1) is 0 Å². The third-order valence-corrected chi connectivity index (χ3v) is 3.46. The molecule has 0 aromatic heterocycles. The van der Waals surface area contributed by atoms with Crippen LogP contribution in [0.5, 0.6) is 0 Å². The maximum Gasteiger partial charge on any atom is 0.344 e. The molecule has 102 valence electrons. The Morgan fingerprint density at radius 2 is 2.05 bits per heavy atom. The van der Waals surface area contributed by atoms with Crippen molar-refractivity contribution in [1.82, 2.24) is 0 Å². The standard InChI is InChI=1S/C14H15FO4/c1-9-11(19-13(17)14(9,2)15)8-18-12(16)10-6-4-3-5-7-10/h3-7,9,11H,8H2,1-2H3/t9-,11-,14-/m1/s1. The molecule has 5 heteroatoms. The van der Waals surface area contributed by atoms with Crippen LogP contribution in [0.2, 0.25) is 0 Å². The first-order valence-electron chi connectivity index (χ1n) is 6.05. The molecule has 1 saturated heterocycles. The van der Waals surface area contributed by atoms with Crippen LogP contribution >= 0.6 is 0 Å². The van der Waals surface area contributed by atoms with E-state index in [1.54, 1.807) is 37.3 Å². The minimum atomic E-state index is -2.02. The van der Waals surface area contributed by atoms with Crippen LogP contribution in [-0.4, -0.2) is 30.3 Å². The largest absolute Gasteiger partial charge is 0.458 e. The van der Waals surface area contributed by atoms with Crippen LogP contribution < -0.4 is 0 Å². The quantitative estimate of drug-likeness (QED) is 0.786. The van der Waals surface area contributed by atoms with Gasteiger partial charge in [0.25, 0.3) is 0 Å². The van der Waals surface area contributed by atoms with Gasteiger partial charge in [-0.2, -0.15) is 0 Å². The van der Waals surface area contributed by atoms with Gasteiger partial charge >= 0.3 is 11.9 Å². The summed E-state index contributed by atoms with van der Waals surface area (Å²) in [4.78, 5) is 23.0. The van der Waals surface area contributed by atoms with Gasteiger partial charge in [-0.1, -0.05) is 25.1 Å². The highest BCUT2D eigenvalue weighted by Crippen LogP contribution is 2.35. The molecule has 0 saturated carbocycles. The molecule has 0 radical (unpaired) electrons. The molecule has 0 spiro atoms. The van der Waals surface area contributed by atoms with E-state index in [-0.39, 0.29) is 6.61 Å². The zero-order valence-corrected chi connectivity index (χ0v) is 10.8. The molecule has 3 atom stereocenters. The minimum Gasteiger partial charge on any atom is -0.458 e. The summed E-state index contributed by atoms with van der Waals surface area (Å²) in [5.41, 5.74) is -1.62. The normalized spacial score (nSPS) is 29.9. The van der Waals surface area contributed by atoms with E-state index < -0.39 is 29.6 Å². The number of rotatable bonds is 3. The molecule has 1 aromatic rings. The van der Waals surface area contributed by atoms with E-state index in [1.807, 2.05) is 0 Å². The fourth-order valence-electron chi connectivity index (χ4n) is 1.88. The van der Waals surface area contributed by atoms with Crippen molar-refractivity contribution in [2.24, 2.45) is 5.92 Å². The fraction of sp³-hybridized carbons (Fsp3) is 0.429. The molecule has 1 heterocycles. The van der Waals surface area contributed by atoms with Crippen LogP contribution in [0.4, 0.5) is 4.39 Å². The predicted octanol–water partition coefficient (Wildman–Crippen LogP) is 2.13. The van der Waals surface area contributed by atoms with E-state index in [0.29, 0.717) is 5.56 Å². The highest BCUT2D eigenvalue weighted by atomic mass is 19.1. The molecule has 0 unspecified atom stereocenters. The lowest BCUT2D eigenvalue weighted by molar-refractivity contribution is -0.150. The molecule has 0 amide bonds. The molecule has 1 aliphatic heterocycles. The van der Waals surface area contributed by atoms with E-state index >= 15 is 0 Å². The van der Waals surface area contributed by atoms with Gasteiger partial charge in [0, 0.05) is 5.92 Å². The number of esters is 2. The van der Waals surface area contributed by atoms with Crippen LogP contribution in [-0.2, 0) is 14.3 Å². The zero-order chi connectivity index (χ0) is 14.0. The Kier molecular flexibility index (Phi) is 3.55. The van der Waals surface area contributed by atoms with Crippen LogP contribution in [0.1, 0.15) is 24.2 Å². The number of cyclic esters (lactones) is 1. The lowest BCUT2D eigenvalue weighted by Gasteiger charge is -2.17. The summed E-state index contributed by atoms with van der Waals surface area (Å²) in [7, 11) is 0. The molecule has 2 rings (SSSR count). The van der Waals surface area contributed by atoms with Gasteiger partial charge in [-0.25, -0.2) is 14.0 Å². The topological polar surface area (TPSA) is 52.6 Å². The van der Waals surface area contributed by atoms with Crippen molar-refractivity contribution in [1.29, 1.82) is 0 Å². The number of alkyl halides is 1. The monoisotopic (exact) mass is 266 g/mol. The summed E-state index contributed by atoms with van der Waals surface area (Å²) in [5.74, 6) is -2.07. The zero-order valence-electron chi connectivity index (χ0n) is 10.8. The van der Waals surface area contributed by atoms with Crippen LogP contribution in [0.15, 0.2) is 30.3 Å². The first kappa shape index (κ1) is 13.5. The molecular weight excluding hydrogens is 251 g/mol. The fourth-order valence-corrected chi connectivity index (χ4v) is 1.88. The van der Waals surface area contributed by atoms with Gasteiger partial charge in [-0.05, 0) is 19.1 Å². The molecule has 0 N–H and O–H groups in total. The summed E-state index contributed by atoms with van der Waals surface area (Å²) >= 11 is 0. The number of hydrogen-bond donors (Lipinski definition) is 0. The second-order valence-corrected chi connectivity index (χ2v) is 4.77. The molecule has 0 aliphatic carbocycles. The number of ether oxygens (including phenoxy) is 2. The van der Waals surface area contributed by atoms with Crippen molar-refractivity contribution < 1.29 is 23.5 Å². The number of hydrogen-bond acceptors (Lipinski definition) is 4. The summed E-state index contributed by atoms with van der Waals surface area (Å²) in [6.07, 6.45) is -0.741. The van der Waals surface area contributed by atoms with Crippen molar-refractivity contribution in [2.45, 2.75) is 25.6 Å². The third kappa shape index (κ3) is 2.59. The Morgan fingerprint density at radius 1 is 1.42 bits per heavy atom. The maximum atomic E-state index is 13.9. The minimum absolute atomic E-state index is 0.139. The van der Waals surface area contributed by atoms with Gasteiger partial charge in [0.1, 0.15) is 12.7 Å². The number of benzene rings is 1.